The van der Waals surface area contributed by atoms with E-state index < -0.39 is 6.04 Å². The average molecular weight is 642 g/mol. The molecule has 0 spiro atoms. The Morgan fingerprint density at radius 3 is 2.02 bits per heavy atom. The summed E-state index contributed by atoms with van der Waals surface area (Å²) in [6.45, 7) is 22.2. The minimum atomic E-state index is -0.500. The third kappa shape index (κ3) is 14.9. The van der Waals surface area contributed by atoms with Crippen LogP contribution in [0.5, 0.6) is 0 Å². The van der Waals surface area contributed by atoms with Crippen molar-refractivity contribution >= 4 is 24.1 Å². The molecular formula is C37H63N5O4. The van der Waals surface area contributed by atoms with Crippen molar-refractivity contribution < 1.29 is 19.2 Å². The third-order valence-electron chi connectivity index (χ3n) is 8.14. The number of carbonyl (C=O) groups is 4. The fourth-order valence-electron chi connectivity index (χ4n) is 5.46. The molecule has 3 rings (SSSR count). The van der Waals surface area contributed by atoms with Crippen molar-refractivity contribution in [3.63, 3.8) is 0 Å². The van der Waals surface area contributed by atoms with Gasteiger partial charge in [-0.05, 0) is 83.9 Å². The molecule has 9 nitrogen and oxygen atoms in total. The van der Waals surface area contributed by atoms with Crippen molar-refractivity contribution in [1.29, 1.82) is 0 Å². The van der Waals surface area contributed by atoms with E-state index in [-0.39, 0.29) is 36.2 Å². The molecule has 2 heterocycles. The standard InChI is InChI=1S/C25H36N4O4.C8H17N.C4H10/c1-17(2)22(28(5)23(31)15-26-16-30)13-19(4)25(33)29-12-6-7-21(29)24(32)27-14-20-10-8-18(3)9-11-20;1-8(2)9-6-4-3-5-7-9;1-4(2)3/h8-11,13,16-17,21-22H,6-7,12,14-15H2,1-5H3,(H,26,30)(H,27,32);8H,3-7H2,1-2H3;4H,1-3H3/b19-13+;;/t21-,22+;;/m0../s1. The van der Waals surface area contributed by atoms with E-state index in [0.717, 1.165) is 29.5 Å². The molecule has 0 aliphatic carbocycles. The Kier molecular flexibility index (Phi) is 19.1. The minimum Gasteiger partial charge on any atom is -0.350 e. The maximum absolute atomic E-state index is 13.2. The average Bonchev–Trinajstić information content (AvgIpc) is 3.52. The van der Waals surface area contributed by atoms with E-state index in [0.29, 0.717) is 31.5 Å². The molecule has 0 unspecified atom stereocenters. The van der Waals surface area contributed by atoms with Gasteiger partial charge < -0.3 is 25.3 Å². The normalized spacial score (nSPS) is 17.5. The lowest BCUT2D eigenvalue weighted by molar-refractivity contribution is -0.135. The van der Waals surface area contributed by atoms with Crippen molar-refractivity contribution in [3.05, 3.63) is 47.0 Å². The molecule has 2 N–H and O–H groups in total. The summed E-state index contributed by atoms with van der Waals surface area (Å²) in [6.07, 6.45) is 7.94. The largest absolute Gasteiger partial charge is 0.350 e. The fraction of sp³-hybridized carbons (Fsp3) is 0.676. The Morgan fingerprint density at radius 1 is 0.935 bits per heavy atom. The summed E-state index contributed by atoms with van der Waals surface area (Å²) in [5.74, 6) is 0.305. The van der Waals surface area contributed by atoms with E-state index in [4.69, 9.17) is 0 Å². The predicted octanol–water partition coefficient (Wildman–Crippen LogP) is 5.32. The molecule has 1 aromatic rings. The van der Waals surface area contributed by atoms with Crippen LogP contribution in [0, 0.1) is 18.8 Å². The molecule has 1 aromatic carbocycles. The van der Waals surface area contributed by atoms with Crippen LogP contribution in [0.25, 0.3) is 0 Å². The van der Waals surface area contributed by atoms with E-state index in [2.05, 4.69) is 50.2 Å². The van der Waals surface area contributed by atoms with Gasteiger partial charge in [-0.1, -0.05) is 76.9 Å². The lowest BCUT2D eigenvalue weighted by Crippen LogP contribution is -2.47. The summed E-state index contributed by atoms with van der Waals surface area (Å²) < 4.78 is 0. The number of nitrogens with one attached hydrogen (secondary N) is 2. The molecule has 4 amide bonds. The van der Waals surface area contributed by atoms with Crippen molar-refractivity contribution in [2.24, 2.45) is 11.8 Å². The molecule has 9 heteroatoms. The van der Waals surface area contributed by atoms with Crippen LogP contribution in [0.15, 0.2) is 35.9 Å². The van der Waals surface area contributed by atoms with Crippen LogP contribution in [-0.2, 0) is 25.7 Å². The van der Waals surface area contributed by atoms with Crippen LogP contribution < -0.4 is 10.6 Å². The zero-order chi connectivity index (χ0) is 34.8. The molecule has 2 aliphatic rings. The number of benzene rings is 1. The molecule has 2 saturated heterocycles. The van der Waals surface area contributed by atoms with Gasteiger partial charge in [0.25, 0.3) is 0 Å². The number of hydrogen-bond acceptors (Lipinski definition) is 5. The first-order valence-electron chi connectivity index (χ1n) is 17.2. The summed E-state index contributed by atoms with van der Waals surface area (Å²) >= 11 is 0. The molecule has 260 valence electrons. The van der Waals surface area contributed by atoms with Gasteiger partial charge in [-0.15, -0.1) is 0 Å². The van der Waals surface area contributed by atoms with Crippen molar-refractivity contribution in [1.82, 2.24) is 25.3 Å². The SMILES string of the molecule is C/C(=C\[C@H](C(C)C)N(C)C(=O)CNC=O)C(=O)N1CCC[C@H]1C(=O)NCc1ccc(C)cc1.CC(C)C.CC(C)N1CCCCC1. The van der Waals surface area contributed by atoms with Crippen LogP contribution in [0.2, 0.25) is 0 Å². The number of rotatable bonds is 11. The zero-order valence-electron chi connectivity index (χ0n) is 30.4. The summed E-state index contributed by atoms with van der Waals surface area (Å²) in [6, 6.07) is 7.92. The highest BCUT2D eigenvalue weighted by molar-refractivity contribution is 5.97. The lowest BCUT2D eigenvalue weighted by Gasteiger charge is -2.30. The van der Waals surface area contributed by atoms with E-state index in [9.17, 15) is 19.2 Å². The van der Waals surface area contributed by atoms with Gasteiger partial charge in [0, 0.05) is 31.8 Å². The summed E-state index contributed by atoms with van der Waals surface area (Å²) in [5.41, 5.74) is 2.67. The van der Waals surface area contributed by atoms with Gasteiger partial charge in [0.15, 0.2) is 0 Å². The first kappa shape index (κ1) is 40.8. The first-order valence-corrected chi connectivity index (χ1v) is 17.2. The second kappa shape index (κ2) is 21.6. The highest BCUT2D eigenvalue weighted by Crippen LogP contribution is 2.22. The molecule has 0 bridgehead atoms. The van der Waals surface area contributed by atoms with E-state index in [1.807, 2.05) is 45.0 Å². The maximum Gasteiger partial charge on any atom is 0.249 e. The number of amides is 4. The Morgan fingerprint density at radius 2 is 1.52 bits per heavy atom. The lowest BCUT2D eigenvalue weighted by atomic mass is 9.99. The number of aryl methyl sites for hydroxylation is 1. The second-order valence-electron chi connectivity index (χ2n) is 13.9. The fourth-order valence-corrected chi connectivity index (χ4v) is 5.46. The molecule has 46 heavy (non-hydrogen) atoms. The molecule has 0 saturated carbocycles. The van der Waals surface area contributed by atoms with E-state index in [1.54, 1.807) is 24.9 Å². The van der Waals surface area contributed by atoms with E-state index in [1.165, 1.54) is 37.3 Å². The summed E-state index contributed by atoms with van der Waals surface area (Å²) in [4.78, 5) is 54.6. The number of likely N-dealkylation sites (N-methyl/N-ethyl adjacent to an activating group) is 1. The first-order chi connectivity index (χ1) is 21.7. The zero-order valence-corrected chi connectivity index (χ0v) is 30.4. The van der Waals surface area contributed by atoms with Gasteiger partial charge in [-0.25, -0.2) is 0 Å². The smallest absolute Gasteiger partial charge is 0.249 e. The van der Waals surface area contributed by atoms with Crippen molar-refractivity contribution in [3.8, 4) is 0 Å². The van der Waals surface area contributed by atoms with Crippen LogP contribution in [0.1, 0.15) is 98.6 Å². The van der Waals surface area contributed by atoms with Crippen molar-refractivity contribution in [2.75, 3.05) is 33.2 Å². The Bertz CT molecular complexity index is 1090. The molecular weight excluding hydrogens is 578 g/mol. The van der Waals surface area contributed by atoms with Crippen LogP contribution in [0.3, 0.4) is 0 Å². The van der Waals surface area contributed by atoms with Gasteiger partial charge in [0.1, 0.15) is 6.04 Å². The number of nitrogens with zero attached hydrogens (tertiary/aromatic N) is 3. The number of likely N-dealkylation sites (tertiary alicyclic amines) is 2. The number of hydrogen-bond donors (Lipinski definition) is 2. The second-order valence-corrected chi connectivity index (χ2v) is 13.9. The van der Waals surface area contributed by atoms with Crippen LogP contribution >= 0.6 is 0 Å². The van der Waals surface area contributed by atoms with Gasteiger partial charge in [0.2, 0.25) is 24.1 Å². The molecule has 2 aliphatic heterocycles. The molecule has 0 radical (unpaired) electrons. The number of piperidine rings is 1. The molecule has 2 fully saturated rings. The quantitative estimate of drug-likeness (QED) is 0.252. The predicted molar refractivity (Wildman–Crippen MR) is 188 cm³/mol. The van der Waals surface area contributed by atoms with Gasteiger partial charge in [-0.2, -0.15) is 0 Å². The van der Waals surface area contributed by atoms with Crippen LogP contribution in [0.4, 0.5) is 0 Å². The number of carbonyl (C=O) groups excluding carboxylic acids is 4. The molecule has 2 atom stereocenters. The van der Waals surface area contributed by atoms with Crippen LogP contribution in [-0.4, -0.2) is 90.2 Å². The maximum atomic E-state index is 13.2. The summed E-state index contributed by atoms with van der Waals surface area (Å²) in [7, 11) is 1.66. The van der Waals surface area contributed by atoms with Gasteiger partial charge in [-0.3, -0.25) is 19.2 Å². The molecule has 0 aromatic heterocycles. The summed E-state index contributed by atoms with van der Waals surface area (Å²) in [5, 5.41) is 5.33. The monoisotopic (exact) mass is 641 g/mol. The van der Waals surface area contributed by atoms with Crippen molar-refractivity contribution in [2.45, 2.75) is 119 Å². The van der Waals surface area contributed by atoms with E-state index >= 15 is 0 Å². The van der Waals surface area contributed by atoms with Gasteiger partial charge in [0.05, 0.1) is 12.6 Å². The Hall–Kier alpha value is -3.20. The Labute approximate surface area is 279 Å². The minimum absolute atomic E-state index is 0.0603. The highest BCUT2D eigenvalue weighted by Gasteiger charge is 2.35. The Balaban J connectivity index is 0.000000674. The highest BCUT2D eigenvalue weighted by atomic mass is 16.2. The van der Waals surface area contributed by atoms with Gasteiger partial charge >= 0.3 is 0 Å². The third-order valence-corrected chi connectivity index (χ3v) is 8.14. The topological polar surface area (TPSA) is 102 Å².